The van der Waals surface area contributed by atoms with E-state index >= 15 is 0 Å². The summed E-state index contributed by atoms with van der Waals surface area (Å²) < 4.78 is 129. The Balaban J connectivity index is 0.000000156. The summed E-state index contributed by atoms with van der Waals surface area (Å²) in [6, 6.07) is 45.9. The van der Waals surface area contributed by atoms with Gasteiger partial charge in [-0.1, -0.05) is 131 Å². The van der Waals surface area contributed by atoms with Crippen LogP contribution in [0.25, 0.3) is 0 Å². The Labute approximate surface area is 459 Å². The van der Waals surface area contributed by atoms with Crippen molar-refractivity contribution in [1.29, 1.82) is 0 Å². The highest BCUT2D eigenvalue weighted by atomic mass is 32.2. The fraction of sp³-hybridized carbons (Fsp3) is 0.379. The predicted molar refractivity (Wildman–Crippen MR) is 292 cm³/mol. The highest BCUT2D eigenvalue weighted by molar-refractivity contribution is 7.87. The third-order valence-corrected chi connectivity index (χ3v) is 18.7. The summed E-state index contributed by atoms with van der Waals surface area (Å²) in [5, 5.41) is 18.1. The first kappa shape index (κ1) is 60.4. The van der Waals surface area contributed by atoms with Crippen LogP contribution in [0, 0.1) is 27.7 Å². The van der Waals surface area contributed by atoms with Crippen molar-refractivity contribution in [3.05, 3.63) is 191 Å². The fourth-order valence-corrected chi connectivity index (χ4v) is 12.4. The van der Waals surface area contributed by atoms with Crippen molar-refractivity contribution in [1.82, 2.24) is 0 Å². The van der Waals surface area contributed by atoms with Crippen LogP contribution >= 0.6 is 0 Å². The van der Waals surface area contributed by atoms with E-state index in [1.54, 1.807) is 60.7 Å². The van der Waals surface area contributed by atoms with Crippen molar-refractivity contribution in [2.75, 3.05) is 0 Å². The third-order valence-electron chi connectivity index (χ3n) is 13.2. The second-order valence-corrected chi connectivity index (χ2v) is 26.3. The van der Waals surface area contributed by atoms with Gasteiger partial charge in [0.2, 0.25) is 0 Å². The van der Waals surface area contributed by atoms with E-state index in [-0.39, 0.29) is 62.9 Å². The molecular formula is C58H68O16S4. The summed E-state index contributed by atoms with van der Waals surface area (Å²) in [6.07, 6.45) is 1.97. The van der Waals surface area contributed by atoms with Gasteiger partial charge in [-0.2, -0.15) is 33.7 Å². The van der Waals surface area contributed by atoms with Crippen molar-refractivity contribution in [3.8, 4) is 0 Å². The molecule has 6 aromatic carbocycles. The molecule has 4 aliphatic rings. The number of hydrogen-bond acceptors (Lipinski definition) is 16. The van der Waals surface area contributed by atoms with Gasteiger partial charge in [0.05, 0.1) is 81.6 Å². The monoisotopic (exact) mass is 1150 g/mol. The van der Waals surface area contributed by atoms with Gasteiger partial charge in [0, 0.05) is 38.5 Å². The summed E-state index contributed by atoms with van der Waals surface area (Å²) in [4.78, 5) is 0.538. The molecule has 0 radical (unpaired) electrons. The van der Waals surface area contributed by atoms with Gasteiger partial charge in [-0.25, -0.2) is 0 Å². The van der Waals surface area contributed by atoms with Crippen molar-refractivity contribution in [2.24, 2.45) is 0 Å². The number of benzene rings is 6. The maximum atomic E-state index is 12.2. The van der Waals surface area contributed by atoms with Gasteiger partial charge in [-0.3, -0.25) is 16.7 Å². The maximum Gasteiger partial charge on any atom is 0.297 e. The van der Waals surface area contributed by atoms with Crippen LogP contribution in [0.2, 0.25) is 0 Å². The standard InChI is InChI=1S/C18H20O6S2.C18H20O4S.C11H14O4S.C11H14O2/c1-13-3-7-17(8-4-13)25(19,20)23-15-11-16(12-15)24-26(21,22)18-9-5-14(2)6-10-18;1-14-7-9-18(10-8-14)23(19,20)22-17-11-16(12-17)21-13-15-5-3-2-4-6-15;1-8-2-4-11(5-3-8)16(13,14)15-10-6-9(12)7-10;12-10-6-11(7-10)13-8-9-4-2-1-3-5-9/h3-10,15-16H,11-12H2,1-2H3;2-10,16-17H,11-13H2,1H3;2-5,9-10,12H,6-7H2,1H3;1-5,10-12H,6-8H2. The topological polar surface area (TPSA) is 232 Å². The van der Waals surface area contributed by atoms with Crippen LogP contribution in [0.5, 0.6) is 0 Å². The van der Waals surface area contributed by atoms with Crippen LogP contribution in [0.15, 0.2) is 177 Å². The molecule has 0 unspecified atom stereocenters. The van der Waals surface area contributed by atoms with Gasteiger partial charge in [0.25, 0.3) is 40.5 Å². The lowest BCUT2D eigenvalue weighted by atomic mass is 9.92. The van der Waals surface area contributed by atoms with E-state index in [4.69, 9.17) is 36.4 Å². The summed E-state index contributed by atoms with van der Waals surface area (Å²) >= 11 is 0. The van der Waals surface area contributed by atoms with Crippen molar-refractivity contribution in [2.45, 2.75) is 161 Å². The second kappa shape index (κ2) is 27.3. The van der Waals surface area contributed by atoms with E-state index in [1.165, 1.54) is 42.0 Å². The molecule has 0 spiro atoms. The highest BCUT2D eigenvalue weighted by Gasteiger charge is 2.39. The lowest BCUT2D eigenvalue weighted by molar-refractivity contribution is -0.0778. The summed E-state index contributed by atoms with van der Waals surface area (Å²) in [5.41, 5.74) is 6.22. The molecule has 0 bridgehead atoms. The van der Waals surface area contributed by atoms with E-state index in [0.29, 0.717) is 38.9 Å². The average Bonchev–Trinajstić information content (AvgIpc) is 3.37. The molecule has 16 nitrogen and oxygen atoms in total. The van der Waals surface area contributed by atoms with Gasteiger partial charge in [-0.15, -0.1) is 0 Å². The van der Waals surface area contributed by atoms with Crippen LogP contribution in [-0.2, 0) is 79.9 Å². The number of aliphatic hydroxyl groups is 2. The maximum absolute atomic E-state index is 12.2. The zero-order valence-corrected chi connectivity index (χ0v) is 47.2. The number of hydrogen-bond donors (Lipinski definition) is 2. The van der Waals surface area contributed by atoms with Crippen LogP contribution in [0.1, 0.15) is 84.7 Å². The van der Waals surface area contributed by atoms with Crippen LogP contribution in [0.4, 0.5) is 0 Å². The molecule has 10 rings (SSSR count). The number of aryl methyl sites for hydroxylation is 4. The number of ether oxygens (including phenoxy) is 2. The first-order valence-corrected chi connectivity index (χ1v) is 31.3. The molecule has 420 valence electrons. The Bertz CT molecular complexity index is 3190. The Morgan fingerprint density at radius 1 is 0.321 bits per heavy atom. The minimum Gasteiger partial charge on any atom is -0.393 e. The lowest BCUT2D eigenvalue weighted by Gasteiger charge is -2.34. The van der Waals surface area contributed by atoms with Crippen LogP contribution in [-0.4, -0.2) is 92.7 Å². The highest BCUT2D eigenvalue weighted by Crippen LogP contribution is 2.33. The molecule has 6 aromatic rings. The lowest BCUT2D eigenvalue weighted by Crippen LogP contribution is -2.40. The molecule has 0 saturated heterocycles. The molecule has 0 amide bonds. The zero-order chi connectivity index (χ0) is 56.1. The first-order chi connectivity index (χ1) is 37.0. The molecule has 4 fully saturated rings. The number of rotatable bonds is 18. The van der Waals surface area contributed by atoms with Crippen molar-refractivity contribution < 1.29 is 70.1 Å². The summed E-state index contributed by atoms with van der Waals surface area (Å²) in [5.74, 6) is 0. The molecule has 78 heavy (non-hydrogen) atoms. The molecule has 4 saturated carbocycles. The minimum atomic E-state index is -3.87. The average molecular weight is 1150 g/mol. The zero-order valence-electron chi connectivity index (χ0n) is 43.9. The van der Waals surface area contributed by atoms with Gasteiger partial charge >= 0.3 is 0 Å². The molecule has 0 aromatic heterocycles. The number of aliphatic hydroxyl groups excluding tert-OH is 2. The van der Waals surface area contributed by atoms with Gasteiger partial charge < -0.3 is 19.7 Å². The second-order valence-electron chi connectivity index (χ2n) is 20.0. The fourth-order valence-electron chi connectivity index (χ4n) is 8.03. The Hall–Kier alpha value is -5.20. The summed E-state index contributed by atoms with van der Waals surface area (Å²) in [6.45, 7) is 8.73. The predicted octanol–water partition coefficient (Wildman–Crippen LogP) is 9.34. The molecule has 2 N–H and O–H groups in total. The molecule has 0 heterocycles. The van der Waals surface area contributed by atoms with Crippen LogP contribution < -0.4 is 0 Å². The molecular weight excluding hydrogens is 1080 g/mol. The van der Waals surface area contributed by atoms with Crippen molar-refractivity contribution >= 4 is 40.5 Å². The Morgan fingerprint density at radius 2 is 0.538 bits per heavy atom. The smallest absolute Gasteiger partial charge is 0.297 e. The molecule has 0 atom stereocenters. The van der Waals surface area contributed by atoms with Crippen LogP contribution in [0.3, 0.4) is 0 Å². The quantitative estimate of drug-likeness (QED) is 0.0763. The molecule has 0 aliphatic heterocycles. The van der Waals surface area contributed by atoms with Crippen molar-refractivity contribution in [3.63, 3.8) is 0 Å². The van der Waals surface area contributed by atoms with Gasteiger partial charge in [-0.05, 0) is 100 Å². The van der Waals surface area contributed by atoms with E-state index in [2.05, 4.69) is 12.1 Å². The third kappa shape index (κ3) is 18.4. The SMILES string of the molecule is Cc1ccc(S(=O)(=O)OC2CC(O)C2)cc1.Cc1ccc(S(=O)(=O)OC2CC(OCc3ccccc3)C2)cc1.Cc1ccc(S(=O)(=O)OC2CC(OS(=O)(=O)c3ccc(C)cc3)C2)cc1.OC1CC(OCc2ccccc2)C1. The van der Waals surface area contributed by atoms with E-state index in [1.807, 2.05) is 76.2 Å². The van der Waals surface area contributed by atoms with E-state index in [0.717, 1.165) is 40.7 Å². The normalized spacial score (nSPS) is 22.6. The summed E-state index contributed by atoms with van der Waals surface area (Å²) in [7, 11) is -15.1. The molecule has 20 heteroatoms. The largest absolute Gasteiger partial charge is 0.393 e. The first-order valence-electron chi connectivity index (χ1n) is 25.7. The van der Waals surface area contributed by atoms with E-state index in [9.17, 15) is 33.7 Å². The van der Waals surface area contributed by atoms with E-state index < -0.39 is 58.8 Å². The Kier molecular flexibility index (Phi) is 21.2. The minimum absolute atomic E-state index is 0.0634. The molecule has 4 aliphatic carbocycles. The van der Waals surface area contributed by atoms with Gasteiger partial charge in [0.15, 0.2) is 0 Å². The van der Waals surface area contributed by atoms with Gasteiger partial charge in [0.1, 0.15) is 0 Å². The Morgan fingerprint density at radius 3 is 0.795 bits per heavy atom.